The maximum Gasteiger partial charge on any atom is 0.214 e. The summed E-state index contributed by atoms with van der Waals surface area (Å²) < 4.78 is 55.5. The van der Waals surface area contributed by atoms with Gasteiger partial charge in [0.05, 0.1) is 5.75 Å². The fourth-order valence-corrected chi connectivity index (χ4v) is 6.94. The predicted molar refractivity (Wildman–Crippen MR) is 91.8 cm³/mol. The molecule has 4 fully saturated rings. The van der Waals surface area contributed by atoms with Crippen LogP contribution in [0.1, 0.15) is 37.7 Å². The number of fused-ring (bicyclic) bond motifs is 2. The zero-order valence-corrected chi connectivity index (χ0v) is 15.2. The number of halogens is 2. The number of hydrogen-bond donors (Lipinski definition) is 0. The van der Waals surface area contributed by atoms with Crippen molar-refractivity contribution in [3.05, 3.63) is 35.4 Å². The number of rotatable bonds is 4. The minimum absolute atomic E-state index is 0.0459. The number of sulfonamides is 1. The van der Waals surface area contributed by atoms with Crippen molar-refractivity contribution in [2.75, 3.05) is 25.4 Å². The summed E-state index contributed by atoms with van der Waals surface area (Å²) >= 11 is 0. The Labute approximate surface area is 147 Å². The van der Waals surface area contributed by atoms with E-state index in [0.29, 0.717) is 17.9 Å². The molecule has 5 rings (SSSR count). The van der Waals surface area contributed by atoms with Gasteiger partial charge in [0.1, 0.15) is 0 Å². The van der Waals surface area contributed by atoms with E-state index in [-0.39, 0.29) is 30.3 Å². The van der Waals surface area contributed by atoms with Crippen LogP contribution in [0.15, 0.2) is 18.2 Å². The largest absolute Gasteiger partial charge is 0.298 e. The van der Waals surface area contributed by atoms with E-state index in [2.05, 4.69) is 4.90 Å². The summed E-state index contributed by atoms with van der Waals surface area (Å²) in [6.45, 7) is 3.94. The Bertz CT molecular complexity index is 762. The van der Waals surface area contributed by atoms with Crippen LogP contribution >= 0.6 is 0 Å². The van der Waals surface area contributed by atoms with Gasteiger partial charge in [-0.15, -0.1) is 0 Å². The predicted octanol–water partition coefficient (Wildman–Crippen LogP) is 2.57. The summed E-state index contributed by atoms with van der Waals surface area (Å²) in [5.41, 5.74) is 0.316. The van der Waals surface area contributed by atoms with Crippen molar-refractivity contribution in [3.8, 4) is 0 Å². The first-order chi connectivity index (χ1) is 11.9. The smallest absolute Gasteiger partial charge is 0.214 e. The Morgan fingerprint density at radius 1 is 1.16 bits per heavy atom. The topological polar surface area (TPSA) is 40.6 Å². The number of nitrogens with zero attached hydrogens (tertiary/aromatic N) is 2. The number of piperidine rings is 3. The summed E-state index contributed by atoms with van der Waals surface area (Å²) in [6, 6.07) is 4.09. The van der Waals surface area contributed by atoms with Gasteiger partial charge in [-0.25, -0.2) is 17.2 Å². The highest BCUT2D eigenvalue weighted by Gasteiger charge is 2.56. The Morgan fingerprint density at radius 3 is 2.56 bits per heavy atom. The molecule has 138 valence electrons. The van der Waals surface area contributed by atoms with Crippen LogP contribution in [0.5, 0.6) is 0 Å². The molecule has 0 unspecified atom stereocenters. The van der Waals surface area contributed by atoms with Crippen molar-refractivity contribution in [3.63, 3.8) is 0 Å². The molecule has 0 amide bonds. The first-order valence-corrected chi connectivity index (χ1v) is 10.7. The molecule has 0 aromatic heterocycles. The van der Waals surface area contributed by atoms with Crippen molar-refractivity contribution < 1.29 is 17.2 Å². The van der Waals surface area contributed by atoms with Crippen molar-refractivity contribution in [2.45, 2.75) is 44.2 Å². The van der Waals surface area contributed by atoms with Crippen LogP contribution in [-0.4, -0.2) is 55.1 Å². The molecular formula is C18H24F2N2O2S. The normalized spacial score (nSPS) is 35.1. The molecule has 1 aromatic rings. The maximum absolute atomic E-state index is 14.5. The van der Waals surface area contributed by atoms with Gasteiger partial charge in [0.15, 0.2) is 11.6 Å². The first kappa shape index (κ1) is 17.4. The molecule has 0 aliphatic carbocycles. The lowest BCUT2D eigenvalue weighted by Crippen LogP contribution is -2.60. The Morgan fingerprint density at radius 2 is 1.88 bits per heavy atom. The van der Waals surface area contributed by atoms with Crippen LogP contribution in [-0.2, 0) is 10.0 Å². The Kier molecular flexibility index (Phi) is 4.37. The van der Waals surface area contributed by atoms with E-state index in [0.717, 1.165) is 32.0 Å². The lowest BCUT2D eigenvalue weighted by Gasteiger charge is -2.51. The van der Waals surface area contributed by atoms with Crippen molar-refractivity contribution >= 4 is 10.0 Å². The molecule has 7 heteroatoms. The van der Waals surface area contributed by atoms with E-state index in [1.165, 1.54) is 6.07 Å². The zero-order chi connectivity index (χ0) is 17.8. The fraction of sp³-hybridized carbons (Fsp3) is 0.667. The van der Waals surface area contributed by atoms with Gasteiger partial charge >= 0.3 is 0 Å². The minimum atomic E-state index is -3.38. The van der Waals surface area contributed by atoms with Crippen LogP contribution < -0.4 is 0 Å². The summed E-state index contributed by atoms with van der Waals surface area (Å²) in [4.78, 5) is 2.29. The van der Waals surface area contributed by atoms with Gasteiger partial charge in [-0.2, -0.15) is 4.31 Å². The van der Waals surface area contributed by atoms with Gasteiger partial charge in [0, 0.05) is 24.5 Å². The van der Waals surface area contributed by atoms with E-state index in [9.17, 15) is 17.2 Å². The van der Waals surface area contributed by atoms with E-state index in [1.54, 1.807) is 10.4 Å². The van der Waals surface area contributed by atoms with Crippen molar-refractivity contribution in [1.82, 2.24) is 9.21 Å². The van der Waals surface area contributed by atoms with E-state index in [4.69, 9.17) is 0 Å². The first-order valence-electron chi connectivity index (χ1n) is 9.11. The second-order valence-electron chi connectivity index (χ2n) is 7.49. The van der Waals surface area contributed by atoms with E-state index >= 15 is 0 Å². The third kappa shape index (κ3) is 2.71. The average molecular weight is 370 g/mol. The summed E-state index contributed by atoms with van der Waals surface area (Å²) in [5.74, 6) is -1.57. The number of benzene rings is 1. The fourth-order valence-electron chi connectivity index (χ4n) is 5.14. The summed E-state index contributed by atoms with van der Waals surface area (Å²) in [7, 11) is -3.38. The highest BCUT2D eigenvalue weighted by atomic mass is 32.2. The molecule has 4 heterocycles. The molecule has 4 saturated heterocycles. The molecule has 4 nitrogen and oxygen atoms in total. The van der Waals surface area contributed by atoms with Gasteiger partial charge < -0.3 is 0 Å². The molecule has 3 atom stereocenters. The van der Waals surface area contributed by atoms with Gasteiger partial charge in [0.25, 0.3) is 0 Å². The molecular weight excluding hydrogens is 346 g/mol. The molecule has 4 aliphatic rings. The Hall–Kier alpha value is -1.05. The third-order valence-corrected chi connectivity index (χ3v) is 8.18. The van der Waals surface area contributed by atoms with Crippen molar-refractivity contribution in [1.29, 1.82) is 0 Å². The quantitative estimate of drug-likeness (QED) is 0.818. The van der Waals surface area contributed by atoms with Crippen LogP contribution in [0.4, 0.5) is 8.78 Å². The van der Waals surface area contributed by atoms with Crippen LogP contribution in [0.25, 0.3) is 0 Å². The number of hydrogen-bond acceptors (Lipinski definition) is 3. The molecule has 0 radical (unpaired) electrons. The average Bonchev–Trinajstić information content (AvgIpc) is 3.02. The van der Waals surface area contributed by atoms with Gasteiger partial charge in [-0.1, -0.05) is 19.1 Å². The highest BCUT2D eigenvalue weighted by molar-refractivity contribution is 7.89. The standard InChI is InChI=1S/C18H24F2N2O2S/c1-2-10-25(23,24)22-11-14(13-4-3-5-15(19)16(13)20)18-17(22)12-6-8-21(18)9-7-12/h3-5,12,14,17-18H,2,6-11H2,1H3/t14-,17+,18+/m0/s1. The second kappa shape index (κ2) is 6.28. The van der Waals surface area contributed by atoms with Gasteiger partial charge in [-0.3, -0.25) is 4.90 Å². The lowest BCUT2D eigenvalue weighted by molar-refractivity contribution is 0.0120. The highest BCUT2D eigenvalue weighted by Crippen LogP contribution is 2.48. The second-order valence-corrected chi connectivity index (χ2v) is 9.53. The monoisotopic (exact) mass is 370 g/mol. The Balaban J connectivity index is 1.77. The molecule has 2 bridgehead atoms. The van der Waals surface area contributed by atoms with Gasteiger partial charge in [-0.05, 0) is 49.9 Å². The van der Waals surface area contributed by atoms with Crippen LogP contribution in [0, 0.1) is 17.6 Å². The van der Waals surface area contributed by atoms with Gasteiger partial charge in [0.2, 0.25) is 10.0 Å². The van der Waals surface area contributed by atoms with E-state index in [1.807, 2.05) is 6.92 Å². The van der Waals surface area contributed by atoms with Crippen LogP contribution in [0.3, 0.4) is 0 Å². The molecule has 0 spiro atoms. The molecule has 1 aromatic carbocycles. The zero-order valence-electron chi connectivity index (χ0n) is 14.4. The van der Waals surface area contributed by atoms with Crippen LogP contribution in [0.2, 0.25) is 0 Å². The molecule has 0 saturated carbocycles. The summed E-state index contributed by atoms with van der Waals surface area (Å²) in [6.07, 6.45) is 2.53. The molecule has 4 aliphatic heterocycles. The maximum atomic E-state index is 14.5. The molecule has 25 heavy (non-hydrogen) atoms. The molecule has 0 N–H and O–H groups in total. The lowest BCUT2D eigenvalue weighted by atomic mass is 9.75. The SMILES string of the molecule is CCCS(=O)(=O)N1C[C@@H](c2cccc(F)c2F)[C@@H]2[C@H]1C1CCN2CC1. The van der Waals surface area contributed by atoms with Crippen molar-refractivity contribution in [2.24, 2.45) is 5.92 Å². The minimum Gasteiger partial charge on any atom is -0.298 e. The summed E-state index contributed by atoms with van der Waals surface area (Å²) in [5, 5.41) is 0. The third-order valence-electron chi connectivity index (χ3n) is 6.15. The van der Waals surface area contributed by atoms with E-state index < -0.39 is 21.7 Å².